The van der Waals surface area contributed by atoms with E-state index in [0.29, 0.717) is 12.5 Å². The van der Waals surface area contributed by atoms with Crippen LogP contribution in [-0.4, -0.2) is 22.7 Å². The second-order valence-corrected chi connectivity index (χ2v) is 6.92. The number of aliphatic hydroxyl groups excluding tert-OH is 1. The van der Waals surface area contributed by atoms with E-state index in [9.17, 15) is 9.90 Å². The number of hydrogen-bond acceptors (Lipinski definition) is 4. The van der Waals surface area contributed by atoms with Crippen molar-refractivity contribution < 1.29 is 9.90 Å². The number of carbonyl (C=O) groups excluding carboxylic acids is 1. The summed E-state index contributed by atoms with van der Waals surface area (Å²) in [6.45, 7) is 6.51. The summed E-state index contributed by atoms with van der Waals surface area (Å²) in [6.07, 6.45) is 0.962. The summed E-state index contributed by atoms with van der Waals surface area (Å²) in [6, 6.07) is 7.18. The largest absolute Gasteiger partial charge is 0.394 e. The van der Waals surface area contributed by atoms with Crippen molar-refractivity contribution in [1.82, 2.24) is 15.6 Å². The van der Waals surface area contributed by atoms with Crippen molar-refractivity contribution in [2.24, 2.45) is 0 Å². The van der Waals surface area contributed by atoms with Gasteiger partial charge in [-0.25, -0.2) is 9.78 Å². The van der Waals surface area contributed by atoms with Gasteiger partial charge in [0.2, 0.25) is 0 Å². The lowest BCUT2D eigenvalue weighted by molar-refractivity contribution is 0.216. The fourth-order valence-electron chi connectivity index (χ4n) is 2.26. The first-order chi connectivity index (χ1) is 11.5. The molecular formula is C18H25N3O2S. The van der Waals surface area contributed by atoms with E-state index in [1.165, 1.54) is 5.56 Å². The Labute approximate surface area is 147 Å². The fourth-order valence-corrected chi connectivity index (χ4v) is 3.15. The van der Waals surface area contributed by atoms with Crippen molar-refractivity contribution in [3.05, 3.63) is 51.5 Å². The highest BCUT2D eigenvalue weighted by Gasteiger charge is 2.14. The lowest BCUT2D eigenvalue weighted by Gasteiger charge is -2.17. The van der Waals surface area contributed by atoms with Crippen molar-refractivity contribution in [2.75, 3.05) is 6.61 Å². The van der Waals surface area contributed by atoms with Crippen molar-refractivity contribution in [3.63, 3.8) is 0 Å². The molecule has 0 aliphatic rings. The van der Waals surface area contributed by atoms with E-state index in [0.717, 1.165) is 22.7 Å². The first kappa shape index (κ1) is 18.4. The van der Waals surface area contributed by atoms with Gasteiger partial charge < -0.3 is 15.7 Å². The van der Waals surface area contributed by atoms with Gasteiger partial charge in [-0.3, -0.25) is 0 Å². The maximum Gasteiger partial charge on any atom is 0.315 e. The maximum atomic E-state index is 12.1. The second-order valence-electron chi connectivity index (χ2n) is 5.98. The maximum absolute atomic E-state index is 12.1. The molecule has 0 saturated heterocycles. The molecule has 0 bridgehead atoms. The van der Waals surface area contributed by atoms with E-state index in [-0.39, 0.29) is 12.6 Å². The Morgan fingerprint density at radius 3 is 2.54 bits per heavy atom. The van der Waals surface area contributed by atoms with Gasteiger partial charge in [0, 0.05) is 5.38 Å². The number of rotatable bonds is 7. The van der Waals surface area contributed by atoms with E-state index in [1.54, 1.807) is 11.3 Å². The Balaban J connectivity index is 1.88. The molecule has 2 amide bonds. The third-order valence-electron chi connectivity index (χ3n) is 3.84. The molecular weight excluding hydrogens is 322 g/mol. The second kappa shape index (κ2) is 8.80. The molecule has 24 heavy (non-hydrogen) atoms. The molecule has 0 radical (unpaired) electrons. The number of aliphatic hydroxyl groups is 1. The van der Waals surface area contributed by atoms with Crippen LogP contribution < -0.4 is 10.6 Å². The Bertz CT molecular complexity index is 653. The Kier molecular flexibility index (Phi) is 6.75. The van der Waals surface area contributed by atoms with Gasteiger partial charge >= 0.3 is 6.03 Å². The summed E-state index contributed by atoms with van der Waals surface area (Å²) in [4.78, 5) is 16.6. The Hall–Kier alpha value is -1.92. The van der Waals surface area contributed by atoms with Crippen LogP contribution in [-0.2, 0) is 13.0 Å². The molecule has 1 heterocycles. The molecule has 1 aromatic carbocycles. The molecule has 5 nitrogen and oxygen atoms in total. The first-order valence-corrected chi connectivity index (χ1v) is 9.09. The number of aromatic nitrogens is 1. The summed E-state index contributed by atoms with van der Waals surface area (Å²) in [5, 5.41) is 18.0. The summed E-state index contributed by atoms with van der Waals surface area (Å²) in [5.41, 5.74) is 3.16. The number of nitrogens with one attached hydrogen (secondary N) is 2. The zero-order valence-electron chi connectivity index (χ0n) is 14.4. The van der Waals surface area contributed by atoms with Gasteiger partial charge in [-0.1, -0.05) is 45.0 Å². The summed E-state index contributed by atoms with van der Waals surface area (Å²) < 4.78 is 0. The molecule has 6 heteroatoms. The zero-order valence-corrected chi connectivity index (χ0v) is 15.2. The van der Waals surface area contributed by atoms with Gasteiger partial charge in [-0.05, 0) is 23.5 Å². The van der Waals surface area contributed by atoms with Gasteiger partial charge in [-0.15, -0.1) is 11.3 Å². The fraction of sp³-hybridized carbons (Fsp3) is 0.444. The van der Waals surface area contributed by atoms with Gasteiger partial charge in [-0.2, -0.15) is 0 Å². The third kappa shape index (κ3) is 5.04. The quantitative estimate of drug-likeness (QED) is 0.719. The van der Waals surface area contributed by atoms with E-state index >= 15 is 0 Å². The molecule has 0 spiro atoms. The van der Waals surface area contributed by atoms with Crippen molar-refractivity contribution in [3.8, 4) is 0 Å². The van der Waals surface area contributed by atoms with E-state index < -0.39 is 6.04 Å². The minimum atomic E-state index is -0.418. The molecule has 3 N–H and O–H groups in total. The molecule has 0 aliphatic carbocycles. The minimum absolute atomic E-state index is 0.145. The smallest absolute Gasteiger partial charge is 0.315 e. The van der Waals surface area contributed by atoms with Gasteiger partial charge in [0.15, 0.2) is 0 Å². The average Bonchev–Trinajstić information content (AvgIpc) is 3.07. The molecule has 1 unspecified atom stereocenters. The van der Waals surface area contributed by atoms with E-state index in [4.69, 9.17) is 0 Å². The number of urea groups is 1. The van der Waals surface area contributed by atoms with Crippen molar-refractivity contribution in [1.29, 1.82) is 0 Å². The first-order valence-electron chi connectivity index (χ1n) is 8.21. The SMILES string of the molecule is CCc1ccc(C(CO)NC(=O)NCc2nc(C(C)C)cs2)cc1. The molecule has 130 valence electrons. The number of benzene rings is 1. The number of hydrogen-bond donors (Lipinski definition) is 3. The number of nitrogens with zero attached hydrogens (tertiary/aromatic N) is 1. The van der Waals surface area contributed by atoms with Crippen LogP contribution in [0.2, 0.25) is 0 Å². The highest BCUT2D eigenvalue weighted by atomic mass is 32.1. The zero-order chi connectivity index (χ0) is 17.5. The average molecular weight is 347 g/mol. The number of thiazole rings is 1. The summed E-state index contributed by atoms with van der Waals surface area (Å²) in [7, 11) is 0. The standard InChI is InChI=1S/C18H25N3O2S/c1-4-13-5-7-14(8-6-13)15(10-22)21-18(23)19-9-17-20-16(11-24-17)12(2)3/h5-8,11-12,15,22H,4,9-10H2,1-3H3,(H2,19,21,23). The van der Waals surface area contributed by atoms with Crippen LogP contribution in [0.1, 0.15) is 54.6 Å². The predicted molar refractivity (Wildman–Crippen MR) is 97.2 cm³/mol. The van der Waals surface area contributed by atoms with Crippen LogP contribution in [0.25, 0.3) is 0 Å². The van der Waals surface area contributed by atoms with Crippen LogP contribution in [0, 0.1) is 0 Å². The van der Waals surface area contributed by atoms with E-state index in [1.807, 2.05) is 29.6 Å². The summed E-state index contributed by atoms with van der Waals surface area (Å²) >= 11 is 1.54. The van der Waals surface area contributed by atoms with Crippen LogP contribution >= 0.6 is 11.3 Å². The Morgan fingerprint density at radius 1 is 1.29 bits per heavy atom. The topological polar surface area (TPSA) is 74.2 Å². The van der Waals surface area contributed by atoms with Gasteiger partial charge in [0.25, 0.3) is 0 Å². The molecule has 1 aromatic heterocycles. The monoisotopic (exact) mass is 347 g/mol. The number of carbonyl (C=O) groups is 1. The van der Waals surface area contributed by atoms with E-state index in [2.05, 4.69) is 36.4 Å². The van der Waals surface area contributed by atoms with Crippen molar-refractivity contribution >= 4 is 17.4 Å². The molecule has 1 atom stereocenters. The van der Waals surface area contributed by atoms with Crippen LogP contribution in [0.15, 0.2) is 29.6 Å². The van der Waals surface area contributed by atoms with Gasteiger partial charge in [0.1, 0.15) is 5.01 Å². The lowest BCUT2D eigenvalue weighted by Crippen LogP contribution is -2.38. The number of aryl methyl sites for hydroxylation is 1. The minimum Gasteiger partial charge on any atom is -0.394 e. The van der Waals surface area contributed by atoms with Gasteiger partial charge in [0.05, 0.1) is 24.9 Å². The molecule has 0 aliphatic heterocycles. The van der Waals surface area contributed by atoms with Crippen LogP contribution in [0.3, 0.4) is 0 Å². The lowest BCUT2D eigenvalue weighted by atomic mass is 10.0. The van der Waals surface area contributed by atoms with Crippen LogP contribution in [0.4, 0.5) is 4.79 Å². The third-order valence-corrected chi connectivity index (χ3v) is 4.71. The highest BCUT2D eigenvalue weighted by Crippen LogP contribution is 2.17. The highest BCUT2D eigenvalue weighted by molar-refractivity contribution is 7.09. The molecule has 0 fully saturated rings. The van der Waals surface area contributed by atoms with Crippen LogP contribution in [0.5, 0.6) is 0 Å². The Morgan fingerprint density at radius 2 is 2.00 bits per heavy atom. The van der Waals surface area contributed by atoms with Crippen molar-refractivity contribution in [2.45, 2.75) is 45.7 Å². The molecule has 0 saturated carbocycles. The molecule has 2 aromatic rings. The molecule has 2 rings (SSSR count). The predicted octanol–water partition coefficient (Wildman–Crippen LogP) is 3.36. The number of amides is 2. The normalized spacial score (nSPS) is 12.2. The summed E-state index contributed by atoms with van der Waals surface area (Å²) in [5.74, 6) is 0.383.